The van der Waals surface area contributed by atoms with Gasteiger partial charge >= 0.3 is 272 Å². The van der Waals surface area contributed by atoms with Crippen molar-refractivity contribution in [3.8, 4) is 0 Å². The Morgan fingerprint density at radius 2 is 0.559 bits per heavy atom. The van der Waals surface area contributed by atoms with Crippen molar-refractivity contribution in [3.05, 3.63) is 0 Å². The van der Waals surface area contributed by atoms with E-state index in [-0.39, 0.29) is 25.5 Å². The Labute approximate surface area is 267 Å². The number of rotatable bonds is 9. The summed E-state index contributed by atoms with van der Waals surface area (Å²) in [6, 6.07) is 0. The summed E-state index contributed by atoms with van der Waals surface area (Å²) >= 11 is 1.60. The molecule has 7 heteroatoms. The van der Waals surface area contributed by atoms with Crippen molar-refractivity contribution in [2.45, 2.75) is 167 Å². The molecule has 0 aliphatic carbocycles. The number of hydrogen-bond donors (Lipinski definition) is 0. The molecule has 0 saturated carbocycles. The van der Waals surface area contributed by atoms with Crippen LogP contribution in [-0.4, -0.2) is 41.0 Å². The van der Waals surface area contributed by atoms with Crippen molar-refractivity contribution in [1.82, 2.24) is 0 Å². The minimum absolute atomic E-state index is 0.190. The van der Waals surface area contributed by atoms with Crippen molar-refractivity contribution >= 4 is 79.6 Å². The summed E-state index contributed by atoms with van der Waals surface area (Å²) < 4.78 is 8.20. The van der Waals surface area contributed by atoms with Gasteiger partial charge in [0.2, 0.25) is 0 Å². The first-order chi connectivity index (χ1) is 15.2. The van der Waals surface area contributed by atoms with Gasteiger partial charge in [0, 0.05) is 0 Å². The fourth-order valence-electron chi connectivity index (χ4n) is 6.00. The van der Waals surface area contributed by atoms with Gasteiger partial charge in [0.15, 0.2) is 0 Å². The van der Waals surface area contributed by atoms with Gasteiger partial charge in [-0.25, -0.2) is 0 Å². The normalized spacial score (nSPS) is 12.4. The molecule has 0 fully saturated rings. The summed E-state index contributed by atoms with van der Waals surface area (Å²) in [5, 5.41) is 0. The molecule has 0 nitrogen and oxygen atoms in total. The third-order valence-corrected chi connectivity index (χ3v) is 41.4. The summed E-state index contributed by atoms with van der Waals surface area (Å²) in [4.78, 5) is 0. The number of halogens is 3. The first-order valence-electron chi connectivity index (χ1n) is 13.5. The zero-order chi connectivity index (χ0) is 28.6. The van der Waals surface area contributed by atoms with Crippen LogP contribution in [0, 0.1) is 25.5 Å². The zero-order valence-corrected chi connectivity index (χ0v) is 40.2. The van der Waals surface area contributed by atoms with E-state index in [9.17, 15) is 0 Å². The zero-order valence-electron chi connectivity index (χ0n) is 26.2. The predicted molar refractivity (Wildman–Crippen MR) is 187 cm³/mol. The Morgan fingerprint density at radius 1 is 0.441 bits per heavy atom. The summed E-state index contributed by atoms with van der Waals surface area (Å²) in [6.45, 7) is 42.5. The van der Waals surface area contributed by atoms with Crippen molar-refractivity contribution in [2.24, 2.45) is 0 Å². The molecule has 0 bridgehead atoms. The van der Waals surface area contributed by atoms with Crippen LogP contribution in [0.25, 0.3) is 0 Å². The van der Waals surface area contributed by atoms with Crippen LogP contribution in [0.4, 0.5) is 0 Å². The van der Waals surface area contributed by atoms with Gasteiger partial charge in [-0.1, -0.05) is 0 Å². The van der Waals surface area contributed by atoms with Crippen LogP contribution in [0.1, 0.15) is 125 Å². The second-order valence-corrected chi connectivity index (χ2v) is 64.6. The molecular weight excluding hydrogens is 982 g/mol. The van der Waals surface area contributed by atoms with Gasteiger partial charge in [0.1, 0.15) is 0 Å². The van der Waals surface area contributed by atoms with E-state index in [1.165, 1.54) is 0 Å². The summed E-state index contributed by atoms with van der Waals surface area (Å²) in [5.74, 6) is 0. The molecule has 210 valence electrons. The third kappa shape index (κ3) is 21.5. The Kier molecular flexibility index (Phi) is 34.2. The van der Waals surface area contributed by atoms with Gasteiger partial charge in [0.25, 0.3) is 0 Å². The van der Waals surface area contributed by atoms with Crippen molar-refractivity contribution < 1.29 is 25.5 Å². The summed E-state index contributed by atoms with van der Waals surface area (Å²) in [7, 11) is 6.73. The van der Waals surface area contributed by atoms with Crippen LogP contribution in [-0.2, 0) is 0 Å². The van der Waals surface area contributed by atoms with Gasteiger partial charge in [-0.15, -0.1) is 0 Å². The third-order valence-electron chi connectivity index (χ3n) is 6.65. The van der Waals surface area contributed by atoms with E-state index in [0.717, 1.165) is 42.8 Å². The first-order valence-corrected chi connectivity index (χ1v) is 42.2. The van der Waals surface area contributed by atoms with Crippen molar-refractivity contribution in [2.75, 3.05) is 0 Å². The molecule has 0 spiro atoms. The molecule has 0 aliphatic heterocycles. The molecule has 34 heavy (non-hydrogen) atoms. The fourth-order valence-corrected chi connectivity index (χ4v) is 31.2. The minimum atomic E-state index is -2.03. The molecule has 0 atom stereocenters. The molecule has 0 unspecified atom stereocenters. The Balaban J connectivity index is -0.000000187. The van der Waals surface area contributed by atoms with E-state index in [4.69, 9.17) is 10.0 Å². The quantitative estimate of drug-likeness (QED) is 0.159. The molecule has 0 amide bonds. The maximum atomic E-state index is 6.73. The van der Waals surface area contributed by atoms with Crippen LogP contribution in [0.5, 0.6) is 0 Å². The monoisotopic (exact) mass is 1050 g/mol. The van der Waals surface area contributed by atoms with E-state index in [0.29, 0.717) is 0 Å². The van der Waals surface area contributed by atoms with Gasteiger partial charge in [-0.2, -0.15) is 0 Å². The van der Waals surface area contributed by atoms with Crippen LogP contribution < -0.4 is 0 Å². The first kappa shape index (κ1) is 45.7. The molecule has 0 N–H and O–H groups in total. The van der Waals surface area contributed by atoms with Crippen LogP contribution in [0.3, 0.4) is 0 Å². The van der Waals surface area contributed by atoms with Gasteiger partial charge < -0.3 is 0 Å². The molecular formula is C27H63ClGe3I2Sm. The average molecular weight is 1050 g/mol. The van der Waals surface area contributed by atoms with Crippen LogP contribution >= 0.6 is 38.6 Å². The van der Waals surface area contributed by atoms with E-state index in [1.54, 1.807) is 0 Å². The Morgan fingerprint density at radius 3 is 0.559 bits per heavy atom. The fraction of sp³-hybridized carbons (Fsp3) is 1.00. The summed E-state index contributed by atoms with van der Waals surface area (Å²) in [5.41, 5.74) is 0. The standard InChI is InChI=1S/C9H21ClGe.2C9H21Ge.2HI.Sm/c1-7(2)11(10,8(3)4)9(5)6;2*1-7(2)10(8(3)4)9(5)6;;;/h7-9H,1-6H3;2*7-9H,1-6H3;2*1H;/q;;;;;+2/p-2. The topological polar surface area (TPSA) is 0 Å². The molecule has 0 saturated heterocycles. The molecule has 0 rings (SSSR count). The Hall–Kier alpha value is 4.72. The average Bonchev–Trinajstić information content (AvgIpc) is 2.59. The molecule has 0 aromatic rings. The molecule has 0 aliphatic rings. The second-order valence-electron chi connectivity index (χ2n) is 12.3. The Bertz CT molecular complexity index is 360. The van der Waals surface area contributed by atoms with Crippen molar-refractivity contribution in [3.63, 3.8) is 0 Å². The van der Waals surface area contributed by atoms with E-state index in [2.05, 4.69) is 153 Å². The van der Waals surface area contributed by atoms with Crippen LogP contribution in [0.15, 0.2) is 0 Å². The van der Waals surface area contributed by atoms with E-state index < -0.39 is 41.0 Å². The van der Waals surface area contributed by atoms with Gasteiger partial charge in [-0.05, 0) is 0 Å². The second kappa shape index (κ2) is 25.4. The number of hydrogen-bond acceptors (Lipinski definition) is 0. The predicted octanol–water partition coefficient (Wildman–Crippen LogP) is 13.6. The maximum absolute atomic E-state index is 6.73. The summed E-state index contributed by atoms with van der Waals surface area (Å²) in [6.07, 6.45) is 0. The van der Waals surface area contributed by atoms with E-state index >= 15 is 0 Å². The molecule has 0 heterocycles. The van der Waals surface area contributed by atoms with Gasteiger partial charge in [-0.3, -0.25) is 0 Å². The van der Waals surface area contributed by atoms with Crippen LogP contribution in [0.2, 0.25) is 42.8 Å². The van der Waals surface area contributed by atoms with E-state index in [1.807, 2.05) is 0 Å². The van der Waals surface area contributed by atoms with Gasteiger partial charge in [0.05, 0.1) is 0 Å². The molecule has 0 aromatic heterocycles. The molecule has 2 radical (unpaired) electrons. The SMILES string of the molecule is C[CH](C)[Ge]([CH](C)C)[CH](C)C.C[CH](C)[Ge]([CH](C)C)[CH](C)C.C[CH](C)[Ge]([Cl])([CH](C)C)[CH](C)C.[I][Sm][I]. The molecule has 0 aromatic carbocycles. The van der Waals surface area contributed by atoms with Crippen molar-refractivity contribution in [1.29, 1.82) is 0 Å².